The van der Waals surface area contributed by atoms with E-state index in [1.165, 1.54) is 0 Å². The summed E-state index contributed by atoms with van der Waals surface area (Å²) in [5, 5.41) is 5.95. The highest BCUT2D eigenvalue weighted by molar-refractivity contribution is 5.89. The van der Waals surface area contributed by atoms with Crippen LogP contribution in [0.3, 0.4) is 0 Å². The first-order chi connectivity index (χ1) is 17.5. The molecular formula is C28H50N4O6. The van der Waals surface area contributed by atoms with Gasteiger partial charge in [-0.25, -0.2) is 0 Å². The topological polar surface area (TPSA) is 117 Å². The molecule has 0 aromatic carbocycles. The average molecular weight is 539 g/mol. The van der Waals surface area contributed by atoms with Crippen LogP contribution in [-0.2, 0) is 28.7 Å². The van der Waals surface area contributed by atoms with Crippen molar-refractivity contribution >= 4 is 23.8 Å². The fourth-order valence-electron chi connectivity index (χ4n) is 5.65. The lowest BCUT2D eigenvalue weighted by molar-refractivity contribution is -0.146. The number of unbranched alkanes of at least 4 members (excludes halogenated alkanes) is 5. The first-order valence-electron chi connectivity index (χ1n) is 14.0. The molecule has 2 rings (SSSR count). The van der Waals surface area contributed by atoms with Crippen LogP contribution in [0.5, 0.6) is 0 Å². The summed E-state index contributed by atoms with van der Waals surface area (Å²) in [5.74, 6) is -0.452. The van der Waals surface area contributed by atoms with Gasteiger partial charge in [0.1, 0.15) is 13.2 Å². The predicted octanol–water partition coefficient (Wildman–Crippen LogP) is 3.09. The normalized spacial score (nSPS) is 21.7. The maximum Gasteiger partial charge on any atom is 0.305 e. The smallest absolute Gasteiger partial charge is 0.305 e. The summed E-state index contributed by atoms with van der Waals surface area (Å²) < 4.78 is 10.8. The van der Waals surface area contributed by atoms with Crippen LogP contribution in [0, 0.1) is 0 Å². The molecule has 0 aliphatic carbocycles. The number of nitrogens with one attached hydrogen (secondary N) is 2. The third-order valence-electron chi connectivity index (χ3n) is 7.82. The molecule has 0 unspecified atom stereocenters. The molecule has 0 aromatic rings. The van der Waals surface area contributed by atoms with Gasteiger partial charge in [0.05, 0.1) is 22.4 Å². The average Bonchev–Trinajstić information content (AvgIpc) is 3.05. The van der Waals surface area contributed by atoms with E-state index in [0.717, 1.165) is 38.5 Å². The van der Waals surface area contributed by atoms with Gasteiger partial charge in [-0.15, -0.1) is 0 Å². The van der Waals surface area contributed by atoms with Crippen molar-refractivity contribution in [3.05, 3.63) is 0 Å². The van der Waals surface area contributed by atoms with Gasteiger partial charge in [-0.3, -0.25) is 29.0 Å². The number of ether oxygens (including phenoxy) is 2. The van der Waals surface area contributed by atoms with Crippen LogP contribution in [0.2, 0.25) is 0 Å². The van der Waals surface area contributed by atoms with E-state index >= 15 is 0 Å². The number of amides is 2. The Labute approximate surface area is 228 Å². The van der Waals surface area contributed by atoms with Crippen LogP contribution in [-0.4, -0.2) is 82.3 Å². The second kappa shape index (κ2) is 12.8. The minimum atomic E-state index is -0.631. The van der Waals surface area contributed by atoms with Crippen LogP contribution in [0.4, 0.5) is 0 Å². The quantitative estimate of drug-likeness (QED) is 0.241. The van der Waals surface area contributed by atoms with Gasteiger partial charge in [0.15, 0.2) is 0 Å². The van der Waals surface area contributed by atoms with E-state index in [2.05, 4.69) is 10.6 Å². The third-order valence-corrected chi connectivity index (χ3v) is 7.82. The molecule has 10 heteroatoms. The van der Waals surface area contributed by atoms with E-state index in [4.69, 9.17) is 9.47 Å². The summed E-state index contributed by atoms with van der Waals surface area (Å²) in [6, 6.07) is 0. The molecule has 0 bridgehead atoms. The molecule has 0 aromatic heterocycles. The Hall–Kier alpha value is -2.20. The molecule has 2 aliphatic heterocycles. The van der Waals surface area contributed by atoms with Crippen molar-refractivity contribution in [2.24, 2.45) is 0 Å². The lowest BCUT2D eigenvalue weighted by Gasteiger charge is -2.37. The fraction of sp³-hybridized carbons (Fsp3) is 0.857. The van der Waals surface area contributed by atoms with Gasteiger partial charge in [-0.1, -0.05) is 25.7 Å². The zero-order chi connectivity index (χ0) is 28.8. The van der Waals surface area contributed by atoms with E-state index in [1.807, 2.05) is 65.2 Å². The van der Waals surface area contributed by atoms with Gasteiger partial charge in [0.2, 0.25) is 11.8 Å². The molecular weight excluding hydrogens is 488 g/mol. The molecule has 2 heterocycles. The summed E-state index contributed by atoms with van der Waals surface area (Å²) in [6.45, 7) is 16.8. The Balaban J connectivity index is 1.47. The summed E-state index contributed by atoms with van der Waals surface area (Å²) >= 11 is 0. The van der Waals surface area contributed by atoms with Crippen molar-refractivity contribution < 1.29 is 28.7 Å². The Morgan fingerprint density at radius 1 is 0.605 bits per heavy atom. The summed E-state index contributed by atoms with van der Waals surface area (Å²) in [4.78, 5) is 52.5. The minimum absolute atomic E-state index is 0.0204. The lowest BCUT2D eigenvalue weighted by Crippen LogP contribution is -2.52. The molecule has 2 aliphatic rings. The predicted molar refractivity (Wildman–Crippen MR) is 145 cm³/mol. The van der Waals surface area contributed by atoms with Crippen LogP contribution < -0.4 is 10.6 Å². The largest absolute Gasteiger partial charge is 0.464 e. The van der Waals surface area contributed by atoms with E-state index in [1.54, 1.807) is 0 Å². The summed E-state index contributed by atoms with van der Waals surface area (Å²) in [5.41, 5.74) is -2.20. The molecule has 0 spiro atoms. The zero-order valence-electron chi connectivity index (χ0n) is 24.8. The van der Waals surface area contributed by atoms with Crippen LogP contribution in [0.25, 0.3) is 0 Å². The SMILES string of the molecule is CC1(C)NC(=O)C(C)(C)N1CCOC(=O)CCCCCCCCC(=O)OCCN1C(C)(C)NC(=O)C1(C)C. The van der Waals surface area contributed by atoms with Crippen molar-refractivity contribution in [2.45, 2.75) is 129 Å². The highest BCUT2D eigenvalue weighted by Crippen LogP contribution is 2.31. The van der Waals surface area contributed by atoms with E-state index in [-0.39, 0.29) is 37.0 Å². The molecule has 2 N–H and O–H groups in total. The van der Waals surface area contributed by atoms with E-state index in [0.29, 0.717) is 25.9 Å². The maximum absolute atomic E-state index is 12.2. The third kappa shape index (κ3) is 8.15. The monoisotopic (exact) mass is 538 g/mol. The number of hydrogen-bond acceptors (Lipinski definition) is 8. The first kappa shape index (κ1) is 32.0. The van der Waals surface area contributed by atoms with Crippen molar-refractivity contribution in [3.63, 3.8) is 0 Å². The summed E-state index contributed by atoms with van der Waals surface area (Å²) in [7, 11) is 0. The van der Waals surface area contributed by atoms with Crippen molar-refractivity contribution in [1.82, 2.24) is 20.4 Å². The Morgan fingerprint density at radius 3 is 1.21 bits per heavy atom. The molecule has 2 fully saturated rings. The van der Waals surface area contributed by atoms with Crippen LogP contribution in [0.1, 0.15) is 107 Å². The zero-order valence-corrected chi connectivity index (χ0v) is 24.8. The maximum atomic E-state index is 12.2. The number of hydrogen-bond donors (Lipinski definition) is 2. The second-order valence-electron chi connectivity index (χ2n) is 12.5. The molecule has 0 saturated carbocycles. The van der Waals surface area contributed by atoms with Gasteiger partial charge in [0, 0.05) is 25.9 Å². The molecule has 0 atom stereocenters. The number of rotatable bonds is 15. The van der Waals surface area contributed by atoms with Gasteiger partial charge >= 0.3 is 11.9 Å². The fourth-order valence-corrected chi connectivity index (χ4v) is 5.65. The van der Waals surface area contributed by atoms with E-state index < -0.39 is 22.4 Å². The highest BCUT2D eigenvalue weighted by Gasteiger charge is 2.51. The standard InChI is InChI=1S/C28H50N4O6/c1-25(2)23(35)29-27(5,6)31(25)17-19-37-21(33)15-13-11-9-10-12-14-16-22(34)38-20-18-32-26(3,4)24(36)30-28(32,7)8/h9-20H2,1-8H3,(H,29,35)(H,30,36). The first-order valence-corrected chi connectivity index (χ1v) is 14.0. The lowest BCUT2D eigenvalue weighted by atomic mass is 10.0. The van der Waals surface area contributed by atoms with Crippen molar-refractivity contribution in [3.8, 4) is 0 Å². The number of carbonyl (C=O) groups is 4. The molecule has 2 amide bonds. The minimum Gasteiger partial charge on any atom is -0.464 e. The molecule has 38 heavy (non-hydrogen) atoms. The number of nitrogens with zero attached hydrogens (tertiary/aromatic N) is 2. The second-order valence-corrected chi connectivity index (χ2v) is 12.5. The van der Waals surface area contributed by atoms with Gasteiger partial charge < -0.3 is 20.1 Å². The van der Waals surface area contributed by atoms with E-state index in [9.17, 15) is 19.2 Å². The molecule has 218 valence electrons. The van der Waals surface area contributed by atoms with Gasteiger partial charge in [0.25, 0.3) is 0 Å². The Morgan fingerprint density at radius 2 is 0.921 bits per heavy atom. The highest BCUT2D eigenvalue weighted by atomic mass is 16.5. The number of esters is 2. The van der Waals surface area contributed by atoms with Gasteiger partial charge in [-0.05, 0) is 68.2 Å². The van der Waals surface area contributed by atoms with Crippen LogP contribution >= 0.6 is 0 Å². The van der Waals surface area contributed by atoms with Gasteiger partial charge in [-0.2, -0.15) is 0 Å². The Bertz CT molecular complexity index is 797. The van der Waals surface area contributed by atoms with Crippen molar-refractivity contribution in [2.75, 3.05) is 26.3 Å². The summed E-state index contributed by atoms with van der Waals surface area (Å²) in [6.07, 6.45) is 6.24. The van der Waals surface area contributed by atoms with Crippen LogP contribution in [0.15, 0.2) is 0 Å². The molecule has 0 radical (unpaired) electrons. The van der Waals surface area contributed by atoms with Crippen molar-refractivity contribution in [1.29, 1.82) is 0 Å². The number of carbonyl (C=O) groups excluding carboxylic acids is 4. The molecule has 10 nitrogen and oxygen atoms in total. The molecule has 2 saturated heterocycles. The Kier molecular flexibility index (Phi) is 10.8.